The van der Waals surface area contributed by atoms with Crippen molar-refractivity contribution in [1.29, 1.82) is 0 Å². The zero-order valence-corrected chi connectivity index (χ0v) is 16.0. The fourth-order valence-electron chi connectivity index (χ4n) is 4.34. The SMILES string of the molecule is NCCN1CCN(Cc2ccc3c(c2)CN(C2CCC(=O)NC2=O)C3=O)CC1. The monoisotopic (exact) mass is 385 g/mol. The average molecular weight is 385 g/mol. The van der Waals surface area contributed by atoms with Crippen molar-refractivity contribution in [2.75, 3.05) is 39.3 Å². The predicted octanol–water partition coefficient (Wildman–Crippen LogP) is -0.476. The Labute approximate surface area is 164 Å². The van der Waals surface area contributed by atoms with E-state index < -0.39 is 6.04 Å². The van der Waals surface area contributed by atoms with E-state index in [0.29, 0.717) is 25.1 Å². The Bertz CT molecular complexity index is 788. The summed E-state index contributed by atoms with van der Waals surface area (Å²) in [6.07, 6.45) is 0.669. The average Bonchev–Trinajstić information content (AvgIpc) is 2.99. The van der Waals surface area contributed by atoms with Crippen molar-refractivity contribution in [2.24, 2.45) is 5.73 Å². The Morgan fingerprint density at radius 3 is 2.54 bits per heavy atom. The van der Waals surface area contributed by atoms with Crippen molar-refractivity contribution in [2.45, 2.75) is 32.0 Å². The molecule has 1 aromatic rings. The van der Waals surface area contributed by atoms with Crippen LogP contribution in [0.1, 0.15) is 34.3 Å². The zero-order valence-electron chi connectivity index (χ0n) is 16.0. The first kappa shape index (κ1) is 19.0. The molecule has 28 heavy (non-hydrogen) atoms. The molecule has 0 aromatic heterocycles. The van der Waals surface area contributed by atoms with Crippen LogP contribution in [0, 0.1) is 0 Å². The van der Waals surface area contributed by atoms with E-state index in [9.17, 15) is 14.4 Å². The summed E-state index contributed by atoms with van der Waals surface area (Å²) in [5, 5.41) is 2.34. The van der Waals surface area contributed by atoms with E-state index in [0.717, 1.165) is 44.8 Å². The number of piperazine rings is 1. The molecule has 3 aliphatic heterocycles. The molecule has 2 fully saturated rings. The molecule has 150 valence electrons. The van der Waals surface area contributed by atoms with Crippen LogP contribution in [0.3, 0.4) is 0 Å². The Morgan fingerprint density at radius 2 is 1.82 bits per heavy atom. The van der Waals surface area contributed by atoms with Gasteiger partial charge >= 0.3 is 0 Å². The van der Waals surface area contributed by atoms with Gasteiger partial charge in [-0.1, -0.05) is 12.1 Å². The summed E-state index contributed by atoms with van der Waals surface area (Å²) in [4.78, 5) is 42.7. The lowest BCUT2D eigenvalue weighted by molar-refractivity contribution is -0.136. The first-order valence-electron chi connectivity index (χ1n) is 9.96. The molecule has 1 aromatic carbocycles. The number of nitrogens with one attached hydrogen (secondary N) is 1. The largest absolute Gasteiger partial charge is 0.329 e. The van der Waals surface area contributed by atoms with Crippen LogP contribution in [-0.2, 0) is 22.7 Å². The van der Waals surface area contributed by atoms with E-state index in [-0.39, 0.29) is 24.1 Å². The van der Waals surface area contributed by atoms with Crippen molar-refractivity contribution < 1.29 is 14.4 Å². The van der Waals surface area contributed by atoms with Crippen LogP contribution in [0.2, 0.25) is 0 Å². The number of hydrogen-bond donors (Lipinski definition) is 2. The fourth-order valence-corrected chi connectivity index (χ4v) is 4.34. The lowest BCUT2D eigenvalue weighted by atomic mass is 10.0. The van der Waals surface area contributed by atoms with Gasteiger partial charge in [-0.3, -0.25) is 29.5 Å². The van der Waals surface area contributed by atoms with Crippen molar-refractivity contribution in [3.8, 4) is 0 Å². The molecule has 1 atom stereocenters. The highest BCUT2D eigenvalue weighted by Crippen LogP contribution is 2.28. The highest BCUT2D eigenvalue weighted by atomic mass is 16.2. The molecule has 0 spiro atoms. The maximum Gasteiger partial charge on any atom is 0.255 e. The normalized spacial score (nSPS) is 23.8. The summed E-state index contributed by atoms with van der Waals surface area (Å²) in [6.45, 7) is 7.02. The van der Waals surface area contributed by atoms with E-state index in [1.54, 1.807) is 4.90 Å². The second kappa shape index (κ2) is 7.98. The maximum atomic E-state index is 12.8. The van der Waals surface area contributed by atoms with Crippen LogP contribution in [0.15, 0.2) is 18.2 Å². The molecule has 4 rings (SSSR count). The molecular weight excluding hydrogens is 358 g/mol. The highest BCUT2D eigenvalue weighted by Gasteiger charge is 2.39. The molecule has 3 aliphatic rings. The van der Waals surface area contributed by atoms with E-state index >= 15 is 0 Å². The van der Waals surface area contributed by atoms with Gasteiger partial charge in [-0.25, -0.2) is 0 Å². The minimum absolute atomic E-state index is 0.119. The zero-order chi connectivity index (χ0) is 19.7. The molecule has 0 radical (unpaired) electrons. The van der Waals surface area contributed by atoms with E-state index in [4.69, 9.17) is 5.73 Å². The van der Waals surface area contributed by atoms with Gasteiger partial charge in [-0.2, -0.15) is 0 Å². The lowest BCUT2D eigenvalue weighted by Crippen LogP contribution is -2.52. The molecule has 1 unspecified atom stereocenters. The number of piperidine rings is 1. The Morgan fingerprint density at radius 1 is 1.07 bits per heavy atom. The molecule has 2 saturated heterocycles. The lowest BCUT2D eigenvalue weighted by Gasteiger charge is -2.34. The van der Waals surface area contributed by atoms with Gasteiger partial charge in [0.05, 0.1) is 0 Å². The van der Waals surface area contributed by atoms with E-state index in [2.05, 4.69) is 21.2 Å². The number of rotatable bonds is 5. The van der Waals surface area contributed by atoms with Gasteiger partial charge in [0, 0.05) is 64.3 Å². The third-order valence-corrected chi connectivity index (χ3v) is 5.90. The van der Waals surface area contributed by atoms with Crippen LogP contribution >= 0.6 is 0 Å². The standard InChI is InChI=1S/C20H27N5O3/c21-5-6-23-7-9-24(10-8-23)12-14-1-2-16-15(11-14)13-25(20(16)28)17-3-4-18(26)22-19(17)27/h1-2,11,17H,3-10,12-13,21H2,(H,22,26,27). The van der Waals surface area contributed by atoms with E-state index in [1.807, 2.05) is 12.1 Å². The van der Waals surface area contributed by atoms with Gasteiger partial charge < -0.3 is 10.6 Å². The number of imide groups is 1. The maximum absolute atomic E-state index is 12.8. The molecule has 0 saturated carbocycles. The molecule has 8 heteroatoms. The number of nitrogens with zero attached hydrogens (tertiary/aromatic N) is 3. The molecule has 3 heterocycles. The predicted molar refractivity (Wildman–Crippen MR) is 103 cm³/mol. The molecule has 3 amide bonds. The number of hydrogen-bond acceptors (Lipinski definition) is 6. The Kier molecular flexibility index (Phi) is 5.43. The second-order valence-electron chi connectivity index (χ2n) is 7.80. The molecular formula is C20H27N5O3. The number of carbonyl (C=O) groups excluding carboxylic acids is 3. The van der Waals surface area contributed by atoms with Crippen molar-refractivity contribution >= 4 is 17.7 Å². The molecule has 3 N–H and O–H groups in total. The summed E-state index contributed by atoms with van der Waals surface area (Å²) in [5.41, 5.74) is 8.45. The van der Waals surface area contributed by atoms with Crippen LogP contribution < -0.4 is 11.1 Å². The van der Waals surface area contributed by atoms with Gasteiger partial charge in [-0.05, 0) is 23.6 Å². The van der Waals surface area contributed by atoms with Crippen LogP contribution in [0.25, 0.3) is 0 Å². The fraction of sp³-hybridized carbons (Fsp3) is 0.550. The summed E-state index contributed by atoms with van der Waals surface area (Å²) in [7, 11) is 0. The van der Waals surface area contributed by atoms with Crippen molar-refractivity contribution in [3.05, 3.63) is 34.9 Å². The smallest absolute Gasteiger partial charge is 0.255 e. The van der Waals surface area contributed by atoms with Crippen molar-refractivity contribution in [1.82, 2.24) is 20.0 Å². The minimum Gasteiger partial charge on any atom is -0.329 e. The first-order chi connectivity index (χ1) is 13.5. The van der Waals surface area contributed by atoms with Crippen LogP contribution in [0.5, 0.6) is 0 Å². The molecule has 0 bridgehead atoms. The summed E-state index contributed by atoms with van der Waals surface area (Å²) < 4.78 is 0. The highest BCUT2D eigenvalue weighted by molar-refractivity contribution is 6.05. The number of benzene rings is 1. The first-order valence-corrected chi connectivity index (χ1v) is 9.96. The number of carbonyl (C=O) groups is 3. The van der Waals surface area contributed by atoms with Crippen LogP contribution in [0.4, 0.5) is 0 Å². The van der Waals surface area contributed by atoms with Gasteiger partial charge in [0.2, 0.25) is 11.8 Å². The Hall–Kier alpha value is -2.29. The number of fused-ring (bicyclic) bond motifs is 1. The van der Waals surface area contributed by atoms with Gasteiger partial charge in [0.15, 0.2) is 0 Å². The quantitative estimate of drug-likeness (QED) is 0.665. The third-order valence-electron chi connectivity index (χ3n) is 5.90. The molecule has 0 aliphatic carbocycles. The number of amides is 3. The van der Waals surface area contributed by atoms with Gasteiger partial charge in [0.1, 0.15) is 6.04 Å². The number of nitrogens with two attached hydrogens (primary N) is 1. The Balaban J connectivity index is 1.40. The minimum atomic E-state index is -0.559. The van der Waals surface area contributed by atoms with Gasteiger partial charge in [-0.15, -0.1) is 0 Å². The summed E-state index contributed by atoms with van der Waals surface area (Å²) >= 11 is 0. The second-order valence-corrected chi connectivity index (χ2v) is 7.80. The van der Waals surface area contributed by atoms with Gasteiger partial charge in [0.25, 0.3) is 5.91 Å². The molecule has 8 nitrogen and oxygen atoms in total. The third kappa shape index (κ3) is 3.80. The summed E-state index contributed by atoms with van der Waals surface area (Å²) in [6, 6.07) is 5.42. The van der Waals surface area contributed by atoms with Crippen LogP contribution in [-0.4, -0.2) is 77.7 Å². The van der Waals surface area contributed by atoms with E-state index in [1.165, 1.54) is 5.56 Å². The summed E-state index contributed by atoms with van der Waals surface area (Å²) in [5.74, 6) is -0.751. The topological polar surface area (TPSA) is 99.0 Å². The van der Waals surface area contributed by atoms with Crippen molar-refractivity contribution in [3.63, 3.8) is 0 Å².